The van der Waals surface area contributed by atoms with Gasteiger partial charge in [0.05, 0.1) is 23.9 Å². The van der Waals surface area contributed by atoms with E-state index in [-0.39, 0.29) is 12.5 Å². The summed E-state index contributed by atoms with van der Waals surface area (Å²) in [4.78, 5) is 39.7. The maximum Gasteiger partial charge on any atom is 0.328 e. The lowest BCUT2D eigenvalue weighted by Gasteiger charge is -2.55. The van der Waals surface area contributed by atoms with E-state index < -0.39 is 41.2 Å². The van der Waals surface area contributed by atoms with Gasteiger partial charge < -0.3 is 9.64 Å². The number of hydrogen-bond acceptors (Lipinski definition) is 8. The number of ether oxygens (including phenoxy) is 1. The van der Waals surface area contributed by atoms with Crippen molar-refractivity contribution in [3.8, 4) is 11.3 Å². The van der Waals surface area contributed by atoms with Crippen LogP contribution in [0.4, 0.5) is 14.9 Å². The molecule has 2 fully saturated rings. The highest BCUT2D eigenvalue weighted by Crippen LogP contribution is 2.48. The van der Waals surface area contributed by atoms with E-state index in [9.17, 15) is 14.4 Å². The number of carbonyl (C=O) groups is 3. The van der Waals surface area contributed by atoms with Crippen molar-refractivity contribution in [3.05, 3.63) is 28.9 Å². The van der Waals surface area contributed by atoms with Crippen molar-refractivity contribution in [2.24, 2.45) is 5.41 Å². The zero-order valence-corrected chi connectivity index (χ0v) is 17.0. The summed E-state index contributed by atoms with van der Waals surface area (Å²) in [6.45, 7) is 3.91. The molecule has 2 saturated heterocycles. The zero-order chi connectivity index (χ0) is 21.2. The molecule has 1 aromatic heterocycles. The molecule has 2 N–H and O–H groups in total. The molecule has 9 nitrogen and oxygen atoms in total. The maximum atomic E-state index is 15.4. The minimum Gasteiger partial charge on any atom is -0.372 e. The Balaban J connectivity index is 1.73. The molecule has 156 valence electrons. The van der Waals surface area contributed by atoms with Crippen LogP contribution in [0.3, 0.4) is 0 Å². The molecule has 3 atom stereocenters. The van der Waals surface area contributed by atoms with Crippen molar-refractivity contribution in [1.29, 1.82) is 0 Å². The minimum absolute atomic E-state index is 0.0706. The topological polar surface area (TPSA) is 114 Å². The van der Waals surface area contributed by atoms with Crippen LogP contribution in [0.15, 0.2) is 17.5 Å². The Labute approximate surface area is 174 Å². The number of halogens is 1. The predicted octanol–water partition coefficient (Wildman–Crippen LogP) is 1.23. The van der Waals surface area contributed by atoms with Crippen molar-refractivity contribution >= 4 is 35.1 Å². The number of imide groups is 2. The molecule has 2 aromatic rings. The summed E-state index contributed by atoms with van der Waals surface area (Å²) in [5.74, 6) is -1.88. The highest BCUT2D eigenvalue weighted by atomic mass is 32.1. The molecule has 4 heterocycles. The monoisotopic (exact) mass is 431 g/mol. The summed E-state index contributed by atoms with van der Waals surface area (Å²) in [6.07, 6.45) is -0.857. The van der Waals surface area contributed by atoms with E-state index in [0.29, 0.717) is 29.1 Å². The summed E-state index contributed by atoms with van der Waals surface area (Å²) in [6, 6.07) is 1.49. The lowest BCUT2D eigenvalue weighted by atomic mass is 9.66. The van der Waals surface area contributed by atoms with Gasteiger partial charge in [-0.25, -0.2) is 9.18 Å². The number of morpholine rings is 1. The van der Waals surface area contributed by atoms with E-state index in [1.807, 2.05) is 6.92 Å². The van der Waals surface area contributed by atoms with E-state index >= 15 is 4.39 Å². The summed E-state index contributed by atoms with van der Waals surface area (Å²) in [7, 11) is 0. The van der Waals surface area contributed by atoms with E-state index in [1.54, 1.807) is 23.3 Å². The smallest absolute Gasteiger partial charge is 0.328 e. The van der Waals surface area contributed by atoms with Gasteiger partial charge in [-0.3, -0.25) is 20.2 Å². The Kier molecular flexibility index (Phi) is 4.16. The van der Waals surface area contributed by atoms with Crippen LogP contribution in [0.25, 0.3) is 11.3 Å². The molecule has 11 heteroatoms. The SMILES string of the molecule is C[C@H]1CN2c3c(F)cc(-c4csnn4)cc3CC3(C(=O)NC(=O)NC3=O)C2[C@@H](C)O1. The first-order chi connectivity index (χ1) is 14.3. The number of urea groups is 1. The number of benzene rings is 1. The first-order valence-electron chi connectivity index (χ1n) is 9.50. The van der Waals surface area contributed by atoms with Gasteiger partial charge in [-0.1, -0.05) is 4.49 Å². The summed E-state index contributed by atoms with van der Waals surface area (Å²) in [5.41, 5.74) is 0.225. The van der Waals surface area contributed by atoms with Crippen LogP contribution in [-0.4, -0.2) is 52.2 Å². The number of amides is 4. The van der Waals surface area contributed by atoms with Crippen LogP contribution in [0.1, 0.15) is 19.4 Å². The summed E-state index contributed by atoms with van der Waals surface area (Å²) < 4.78 is 25.1. The Hall–Kier alpha value is -2.92. The highest BCUT2D eigenvalue weighted by Gasteiger charge is 2.63. The lowest BCUT2D eigenvalue weighted by Crippen LogP contribution is -2.75. The van der Waals surface area contributed by atoms with Gasteiger partial charge in [0, 0.05) is 23.9 Å². The Morgan fingerprint density at radius 1 is 1.23 bits per heavy atom. The quantitative estimate of drug-likeness (QED) is 0.653. The second-order valence-electron chi connectivity index (χ2n) is 7.89. The molecule has 0 aliphatic carbocycles. The Morgan fingerprint density at radius 2 is 1.97 bits per heavy atom. The van der Waals surface area contributed by atoms with Gasteiger partial charge in [-0.2, -0.15) is 0 Å². The largest absolute Gasteiger partial charge is 0.372 e. The molecule has 1 spiro atoms. The number of rotatable bonds is 1. The van der Waals surface area contributed by atoms with E-state index in [1.165, 1.54) is 6.07 Å². The molecular weight excluding hydrogens is 413 g/mol. The van der Waals surface area contributed by atoms with Crippen molar-refractivity contribution in [3.63, 3.8) is 0 Å². The molecular formula is C19H18FN5O4S. The van der Waals surface area contributed by atoms with Crippen molar-refractivity contribution < 1.29 is 23.5 Å². The van der Waals surface area contributed by atoms with Gasteiger partial charge in [0.2, 0.25) is 11.8 Å². The van der Waals surface area contributed by atoms with E-state index in [4.69, 9.17) is 4.74 Å². The third-order valence-corrected chi connectivity index (χ3v) is 6.51. The van der Waals surface area contributed by atoms with Crippen LogP contribution >= 0.6 is 11.5 Å². The number of nitrogens with zero attached hydrogens (tertiary/aromatic N) is 3. The molecule has 0 radical (unpaired) electrons. The Morgan fingerprint density at radius 3 is 2.63 bits per heavy atom. The predicted molar refractivity (Wildman–Crippen MR) is 104 cm³/mol. The third-order valence-electron chi connectivity index (χ3n) is 6.01. The molecule has 0 saturated carbocycles. The van der Waals surface area contributed by atoms with Crippen LogP contribution in [0, 0.1) is 11.2 Å². The van der Waals surface area contributed by atoms with Gasteiger partial charge in [0.25, 0.3) is 0 Å². The number of fused-ring (bicyclic) bond motifs is 4. The van der Waals surface area contributed by atoms with E-state index in [2.05, 4.69) is 20.2 Å². The van der Waals surface area contributed by atoms with Crippen LogP contribution < -0.4 is 15.5 Å². The molecule has 4 amide bonds. The van der Waals surface area contributed by atoms with Crippen LogP contribution in [-0.2, 0) is 20.7 Å². The molecule has 5 rings (SSSR count). The fourth-order valence-electron chi connectivity index (χ4n) is 4.97. The third kappa shape index (κ3) is 2.58. The van der Waals surface area contributed by atoms with Crippen LogP contribution in [0.2, 0.25) is 0 Å². The van der Waals surface area contributed by atoms with Gasteiger partial charge in [0.1, 0.15) is 11.5 Å². The first-order valence-corrected chi connectivity index (χ1v) is 10.3. The lowest BCUT2D eigenvalue weighted by molar-refractivity contribution is -0.153. The van der Waals surface area contributed by atoms with Crippen LogP contribution in [0.5, 0.6) is 0 Å². The number of carbonyl (C=O) groups excluding carboxylic acids is 3. The van der Waals surface area contributed by atoms with E-state index in [0.717, 1.165) is 11.5 Å². The number of hydrogen-bond donors (Lipinski definition) is 2. The van der Waals surface area contributed by atoms with Gasteiger partial charge >= 0.3 is 6.03 Å². The second-order valence-corrected chi connectivity index (χ2v) is 8.50. The highest BCUT2D eigenvalue weighted by molar-refractivity contribution is 7.03. The Bertz CT molecular complexity index is 1060. The molecule has 1 aromatic carbocycles. The van der Waals surface area contributed by atoms with Crippen molar-refractivity contribution in [2.45, 2.75) is 38.5 Å². The molecule has 0 bridgehead atoms. The second kappa shape index (κ2) is 6.54. The molecule has 3 aliphatic heterocycles. The normalized spacial score (nSPS) is 27.4. The van der Waals surface area contributed by atoms with Gasteiger partial charge in [-0.15, -0.1) is 5.10 Å². The van der Waals surface area contributed by atoms with Crippen molar-refractivity contribution in [1.82, 2.24) is 20.2 Å². The first kappa shape index (κ1) is 19.1. The average molecular weight is 431 g/mol. The number of aromatic nitrogens is 2. The molecule has 30 heavy (non-hydrogen) atoms. The average Bonchev–Trinajstić information content (AvgIpc) is 3.19. The number of anilines is 1. The fourth-order valence-corrected chi connectivity index (χ4v) is 5.44. The van der Waals surface area contributed by atoms with Gasteiger partial charge in [-0.05, 0) is 43.1 Å². The zero-order valence-electron chi connectivity index (χ0n) is 16.1. The molecule has 1 unspecified atom stereocenters. The maximum absolute atomic E-state index is 15.4. The fraction of sp³-hybridized carbons (Fsp3) is 0.421. The minimum atomic E-state index is -1.63. The number of nitrogens with one attached hydrogen (secondary N) is 2. The van der Waals surface area contributed by atoms with Gasteiger partial charge in [0.15, 0.2) is 5.41 Å². The van der Waals surface area contributed by atoms with Crippen molar-refractivity contribution in [2.75, 3.05) is 11.4 Å². The summed E-state index contributed by atoms with van der Waals surface area (Å²) in [5, 5.41) is 10.1. The summed E-state index contributed by atoms with van der Waals surface area (Å²) >= 11 is 1.14. The standard InChI is InChI=1S/C19H18FN5O4S/c1-8-6-25-14-11(3-10(4-12(14)20)13-7-30-24-23-13)5-19(15(25)9(2)29-8)16(26)21-18(28)22-17(19)27/h3-4,7-9,15H,5-6H2,1-2H3,(H2,21,22,26,27,28)/t8-,9+,15?/m0/s1. The molecule has 3 aliphatic rings. The number of barbiturate groups is 1.